The van der Waals surface area contributed by atoms with Crippen LogP contribution >= 0.6 is 0 Å². The van der Waals surface area contributed by atoms with Crippen molar-refractivity contribution >= 4 is 12.6 Å². The molecule has 0 saturated carbocycles. The number of hydrogen-bond acceptors (Lipinski definition) is 5. The van der Waals surface area contributed by atoms with E-state index in [0.717, 1.165) is 5.56 Å². The average Bonchev–Trinajstić information content (AvgIpc) is 2.82. The zero-order chi connectivity index (χ0) is 13.8. The van der Waals surface area contributed by atoms with Crippen molar-refractivity contribution in [1.82, 2.24) is 9.78 Å². The number of methoxy groups -OCH3 is 1. The van der Waals surface area contributed by atoms with Crippen LogP contribution in [-0.4, -0.2) is 34.1 Å². The van der Waals surface area contributed by atoms with Crippen molar-refractivity contribution in [2.75, 3.05) is 7.11 Å². The minimum Gasteiger partial charge on any atom is -0.497 e. The minimum atomic E-state index is -1.61. The van der Waals surface area contributed by atoms with Gasteiger partial charge in [0.15, 0.2) is 0 Å². The zero-order valence-corrected chi connectivity index (χ0v) is 10.8. The third kappa shape index (κ3) is 3.27. The molecule has 1 aromatic carbocycles. The maximum atomic E-state index is 9.33. The Hall–Kier alpha value is -1.99. The molecular formula is C12H15BN2O4. The molecule has 0 radical (unpaired) electrons. The van der Waals surface area contributed by atoms with Gasteiger partial charge in [-0.25, -0.2) is 0 Å². The summed E-state index contributed by atoms with van der Waals surface area (Å²) in [6, 6.07) is 4.87. The molecule has 0 bridgehead atoms. The molecule has 2 aromatic rings. The quantitative estimate of drug-likeness (QED) is 0.723. The van der Waals surface area contributed by atoms with Gasteiger partial charge in [-0.1, -0.05) is 0 Å². The molecule has 0 aliphatic heterocycles. The first-order valence-electron chi connectivity index (χ1n) is 5.74. The summed E-state index contributed by atoms with van der Waals surface area (Å²) in [5.74, 6) is 0.941. The van der Waals surface area contributed by atoms with E-state index in [1.54, 1.807) is 23.0 Å². The van der Waals surface area contributed by atoms with Crippen molar-refractivity contribution in [1.29, 1.82) is 0 Å². The molecule has 2 rings (SSSR count). The second-order valence-electron chi connectivity index (χ2n) is 4.09. The van der Waals surface area contributed by atoms with E-state index < -0.39 is 7.12 Å². The molecule has 2 N–H and O–H groups in total. The highest BCUT2D eigenvalue weighted by Crippen LogP contribution is 2.16. The van der Waals surface area contributed by atoms with Crippen molar-refractivity contribution < 1.29 is 19.5 Å². The van der Waals surface area contributed by atoms with Crippen LogP contribution in [0.25, 0.3) is 0 Å². The predicted octanol–water partition coefficient (Wildman–Crippen LogP) is -0.312. The Kier molecular flexibility index (Phi) is 4.08. The topological polar surface area (TPSA) is 76.7 Å². The van der Waals surface area contributed by atoms with Gasteiger partial charge in [-0.2, -0.15) is 5.10 Å². The lowest BCUT2D eigenvalue weighted by Crippen LogP contribution is -2.31. The highest BCUT2D eigenvalue weighted by Gasteiger charge is 2.18. The van der Waals surface area contributed by atoms with Crippen LogP contribution < -0.4 is 14.9 Å². The molecular weight excluding hydrogens is 247 g/mol. The summed E-state index contributed by atoms with van der Waals surface area (Å²) in [6.45, 7) is 0.305. The summed E-state index contributed by atoms with van der Waals surface area (Å²) in [4.78, 5) is 0. The van der Waals surface area contributed by atoms with Crippen molar-refractivity contribution in [3.05, 3.63) is 36.2 Å². The van der Waals surface area contributed by atoms with Gasteiger partial charge in [-0.3, -0.25) is 4.68 Å². The fraction of sp³-hybridized carbons (Fsp3) is 0.250. The van der Waals surface area contributed by atoms with E-state index in [1.807, 2.05) is 13.2 Å². The van der Waals surface area contributed by atoms with Gasteiger partial charge >= 0.3 is 7.12 Å². The SMILES string of the molecule is COc1ccc(OCc2cnn(C)c2)c(B(O)O)c1. The van der Waals surface area contributed by atoms with Gasteiger partial charge in [0.1, 0.15) is 18.1 Å². The second-order valence-corrected chi connectivity index (χ2v) is 4.09. The fourth-order valence-electron chi connectivity index (χ4n) is 1.69. The van der Waals surface area contributed by atoms with Crippen molar-refractivity contribution in [2.45, 2.75) is 6.61 Å². The van der Waals surface area contributed by atoms with Crippen LogP contribution in [0, 0.1) is 0 Å². The smallest absolute Gasteiger partial charge is 0.492 e. The molecule has 0 aliphatic rings. The Morgan fingerprint density at radius 3 is 2.74 bits per heavy atom. The number of rotatable bonds is 5. The molecule has 0 saturated heterocycles. The van der Waals surface area contributed by atoms with Crippen molar-refractivity contribution in [3.63, 3.8) is 0 Å². The van der Waals surface area contributed by atoms with Crippen LogP contribution in [0.5, 0.6) is 11.5 Å². The summed E-state index contributed by atoms with van der Waals surface area (Å²) < 4.78 is 12.3. The lowest BCUT2D eigenvalue weighted by atomic mass is 9.79. The lowest BCUT2D eigenvalue weighted by Gasteiger charge is -2.11. The Labute approximate surface area is 111 Å². The Morgan fingerprint density at radius 2 is 2.16 bits per heavy atom. The lowest BCUT2D eigenvalue weighted by molar-refractivity contribution is 0.306. The molecule has 0 unspecified atom stereocenters. The van der Waals surface area contributed by atoms with E-state index in [9.17, 15) is 10.0 Å². The third-order valence-electron chi connectivity index (χ3n) is 2.65. The molecule has 6 nitrogen and oxygen atoms in total. The number of hydrogen-bond donors (Lipinski definition) is 2. The van der Waals surface area contributed by atoms with E-state index in [1.165, 1.54) is 13.2 Å². The average molecular weight is 262 g/mol. The molecule has 100 valence electrons. The zero-order valence-electron chi connectivity index (χ0n) is 10.8. The van der Waals surface area contributed by atoms with E-state index >= 15 is 0 Å². The van der Waals surface area contributed by atoms with E-state index in [2.05, 4.69) is 5.10 Å². The first kappa shape index (κ1) is 13.4. The Bertz CT molecular complexity index is 556. The van der Waals surface area contributed by atoms with Gasteiger partial charge in [0, 0.05) is 24.3 Å². The van der Waals surface area contributed by atoms with Gasteiger partial charge in [0.25, 0.3) is 0 Å². The van der Waals surface area contributed by atoms with Gasteiger partial charge in [0.05, 0.1) is 13.3 Å². The number of benzene rings is 1. The van der Waals surface area contributed by atoms with Crippen LogP contribution in [0.15, 0.2) is 30.6 Å². The highest BCUT2D eigenvalue weighted by molar-refractivity contribution is 6.59. The molecule has 0 aliphatic carbocycles. The summed E-state index contributed by atoms with van der Waals surface area (Å²) in [5.41, 5.74) is 1.17. The fourth-order valence-corrected chi connectivity index (χ4v) is 1.69. The second kappa shape index (κ2) is 5.77. The van der Waals surface area contributed by atoms with Gasteiger partial charge in [-0.15, -0.1) is 0 Å². The molecule has 7 heteroatoms. The van der Waals surface area contributed by atoms with Crippen LogP contribution in [-0.2, 0) is 13.7 Å². The normalized spacial score (nSPS) is 10.3. The highest BCUT2D eigenvalue weighted by atomic mass is 16.5. The molecule has 0 atom stereocenters. The number of aryl methyl sites for hydroxylation is 1. The van der Waals surface area contributed by atoms with Crippen LogP contribution in [0.3, 0.4) is 0 Å². The van der Waals surface area contributed by atoms with E-state index in [-0.39, 0.29) is 5.46 Å². The molecule has 0 amide bonds. The van der Waals surface area contributed by atoms with Crippen molar-refractivity contribution in [2.24, 2.45) is 7.05 Å². The van der Waals surface area contributed by atoms with Crippen molar-refractivity contribution in [3.8, 4) is 11.5 Å². The Morgan fingerprint density at radius 1 is 1.37 bits per heavy atom. The summed E-state index contributed by atoms with van der Waals surface area (Å²) in [6.07, 6.45) is 3.52. The Balaban J connectivity index is 2.15. The van der Waals surface area contributed by atoms with Gasteiger partial charge in [-0.05, 0) is 18.2 Å². The first-order valence-corrected chi connectivity index (χ1v) is 5.74. The van der Waals surface area contributed by atoms with Crippen LogP contribution in [0.2, 0.25) is 0 Å². The van der Waals surface area contributed by atoms with E-state index in [0.29, 0.717) is 18.1 Å². The number of ether oxygens (including phenoxy) is 2. The maximum absolute atomic E-state index is 9.33. The summed E-state index contributed by atoms with van der Waals surface area (Å²) >= 11 is 0. The molecule has 0 fully saturated rings. The van der Waals surface area contributed by atoms with Crippen LogP contribution in [0.4, 0.5) is 0 Å². The van der Waals surface area contributed by atoms with E-state index in [4.69, 9.17) is 9.47 Å². The first-order chi connectivity index (χ1) is 9.10. The summed E-state index contributed by atoms with van der Waals surface area (Å²) in [7, 11) is 1.72. The van der Waals surface area contributed by atoms with Crippen LogP contribution in [0.1, 0.15) is 5.56 Å². The number of aromatic nitrogens is 2. The van der Waals surface area contributed by atoms with Gasteiger partial charge in [0.2, 0.25) is 0 Å². The predicted molar refractivity (Wildman–Crippen MR) is 70.4 cm³/mol. The molecule has 19 heavy (non-hydrogen) atoms. The standard InChI is InChI=1S/C12H15BN2O4/c1-15-7-9(6-14-15)8-19-12-4-3-10(18-2)5-11(12)13(16)17/h3-7,16-17H,8H2,1-2H3. The number of nitrogens with zero attached hydrogens (tertiary/aromatic N) is 2. The van der Waals surface area contributed by atoms with Gasteiger partial charge < -0.3 is 19.5 Å². The minimum absolute atomic E-state index is 0.267. The molecule has 0 spiro atoms. The largest absolute Gasteiger partial charge is 0.497 e. The monoisotopic (exact) mass is 262 g/mol. The third-order valence-corrected chi connectivity index (χ3v) is 2.65. The molecule has 1 heterocycles. The maximum Gasteiger partial charge on any atom is 0.492 e. The molecule has 1 aromatic heterocycles. The summed E-state index contributed by atoms with van der Waals surface area (Å²) in [5, 5.41) is 22.7.